The van der Waals surface area contributed by atoms with Crippen molar-refractivity contribution in [2.24, 2.45) is 10.8 Å². The third-order valence-corrected chi connectivity index (χ3v) is 3.10. The Labute approximate surface area is 173 Å². The first kappa shape index (κ1) is 23.7. The molecule has 0 heteroatoms. The van der Waals surface area contributed by atoms with Crippen LogP contribution in [0.15, 0.2) is 84.9 Å². The summed E-state index contributed by atoms with van der Waals surface area (Å²) in [6.45, 7) is 17.5. The van der Waals surface area contributed by atoms with Crippen LogP contribution in [0.5, 0.6) is 0 Å². The van der Waals surface area contributed by atoms with Crippen LogP contribution in [-0.4, -0.2) is 0 Å². The first-order valence-corrected chi connectivity index (χ1v) is 10.1. The zero-order chi connectivity index (χ0) is 21.2. The van der Waals surface area contributed by atoms with E-state index in [2.05, 4.69) is 128 Å². The van der Waals surface area contributed by atoms with Crippen molar-refractivity contribution in [3.8, 4) is 22.3 Å². The third kappa shape index (κ3) is 12.1. The van der Waals surface area contributed by atoms with Gasteiger partial charge in [-0.1, -0.05) is 140 Å². The van der Waals surface area contributed by atoms with E-state index in [4.69, 9.17) is 0 Å². The summed E-state index contributed by atoms with van der Waals surface area (Å²) in [5.41, 5.74) is 6.04. The Kier molecular flexibility index (Phi) is 9.19. The predicted molar refractivity (Wildman–Crippen MR) is 128 cm³/mol. The molecule has 0 fully saturated rings. The van der Waals surface area contributed by atoms with Gasteiger partial charge in [0.1, 0.15) is 0 Å². The lowest BCUT2D eigenvalue weighted by Crippen LogP contribution is -1.93. The first-order chi connectivity index (χ1) is 12.9. The molecule has 3 rings (SSSR count). The summed E-state index contributed by atoms with van der Waals surface area (Å²) >= 11 is 0. The van der Waals surface area contributed by atoms with Crippen LogP contribution >= 0.6 is 0 Å². The number of rotatable bonds is 2. The van der Waals surface area contributed by atoms with Gasteiger partial charge in [-0.3, -0.25) is 0 Å². The minimum atomic E-state index is 0.500. The maximum absolute atomic E-state index is 2.19. The van der Waals surface area contributed by atoms with Gasteiger partial charge >= 0.3 is 0 Å². The van der Waals surface area contributed by atoms with Crippen molar-refractivity contribution in [3.63, 3.8) is 0 Å². The van der Waals surface area contributed by atoms with Gasteiger partial charge in [0.15, 0.2) is 0 Å². The van der Waals surface area contributed by atoms with E-state index in [-0.39, 0.29) is 0 Å². The van der Waals surface area contributed by atoms with Crippen LogP contribution in [0.25, 0.3) is 22.3 Å². The highest BCUT2D eigenvalue weighted by Crippen LogP contribution is 2.24. The molecule has 0 saturated carbocycles. The highest BCUT2D eigenvalue weighted by molar-refractivity contribution is 5.70. The molecule has 0 amide bonds. The summed E-state index contributed by atoms with van der Waals surface area (Å²) in [5.74, 6) is 0. The summed E-state index contributed by atoms with van der Waals surface area (Å²) in [7, 11) is 0. The van der Waals surface area contributed by atoms with Gasteiger partial charge in [0.25, 0.3) is 0 Å². The van der Waals surface area contributed by atoms with Crippen LogP contribution in [0.1, 0.15) is 55.4 Å². The van der Waals surface area contributed by atoms with Gasteiger partial charge < -0.3 is 0 Å². The van der Waals surface area contributed by atoms with E-state index >= 15 is 0 Å². The fourth-order valence-electron chi connectivity index (χ4n) is 2.12. The molecule has 3 aromatic carbocycles. The zero-order valence-electron chi connectivity index (χ0n) is 19.1. The summed E-state index contributed by atoms with van der Waals surface area (Å²) in [6, 6.07) is 29.6. The van der Waals surface area contributed by atoms with Gasteiger partial charge in [-0.05, 0) is 33.1 Å². The molecule has 3 aromatic rings. The van der Waals surface area contributed by atoms with Crippen molar-refractivity contribution in [2.75, 3.05) is 0 Å². The SMILES string of the molecule is CC(C)(C)C.CC(C)(C)C.c1ccc(-c2ccc(-c3ccccc3)cc2)cc1. The maximum Gasteiger partial charge on any atom is -0.0184 e. The van der Waals surface area contributed by atoms with E-state index in [0.29, 0.717) is 10.8 Å². The van der Waals surface area contributed by atoms with Gasteiger partial charge in [0, 0.05) is 0 Å². The molecule has 0 aliphatic rings. The molecular weight excluding hydrogens is 336 g/mol. The van der Waals surface area contributed by atoms with Gasteiger partial charge in [-0.15, -0.1) is 0 Å². The van der Waals surface area contributed by atoms with Gasteiger partial charge in [0.05, 0.1) is 0 Å². The zero-order valence-corrected chi connectivity index (χ0v) is 19.1. The lowest BCUT2D eigenvalue weighted by Gasteiger charge is -2.05. The largest absolute Gasteiger partial charge is 0.0622 e. The van der Waals surface area contributed by atoms with Gasteiger partial charge in [0.2, 0.25) is 0 Å². The summed E-state index contributed by atoms with van der Waals surface area (Å²) in [5, 5.41) is 0. The molecule has 0 aliphatic carbocycles. The van der Waals surface area contributed by atoms with Crippen LogP contribution in [0.2, 0.25) is 0 Å². The van der Waals surface area contributed by atoms with E-state index in [1.807, 2.05) is 12.1 Å². The second-order valence-corrected chi connectivity index (χ2v) is 10.3. The number of benzene rings is 3. The summed E-state index contributed by atoms with van der Waals surface area (Å²) in [6.07, 6.45) is 0. The maximum atomic E-state index is 2.19. The van der Waals surface area contributed by atoms with Crippen molar-refractivity contribution in [3.05, 3.63) is 84.9 Å². The Morgan fingerprint density at radius 3 is 0.714 bits per heavy atom. The average molecular weight is 375 g/mol. The van der Waals surface area contributed by atoms with Crippen LogP contribution in [0, 0.1) is 10.8 Å². The molecule has 0 bridgehead atoms. The fourth-order valence-corrected chi connectivity index (χ4v) is 2.12. The van der Waals surface area contributed by atoms with E-state index in [0.717, 1.165) is 0 Å². The van der Waals surface area contributed by atoms with Crippen LogP contribution < -0.4 is 0 Å². The van der Waals surface area contributed by atoms with E-state index in [9.17, 15) is 0 Å². The Balaban J connectivity index is 0.000000329. The van der Waals surface area contributed by atoms with E-state index in [1.165, 1.54) is 22.3 Å². The van der Waals surface area contributed by atoms with Crippen molar-refractivity contribution in [1.82, 2.24) is 0 Å². The van der Waals surface area contributed by atoms with Crippen molar-refractivity contribution in [2.45, 2.75) is 55.4 Å². The Morgan fingerprint density at radius 1 is 0.321 bits per heavy atom. The normalized spacial score (nSPS) is 10.9. The van der Waals surface area contributed by atoms with Crippen LogP contribution in [0.3, 0.4) is 0 Å². The number of hydrogen-bond donors (Lipinski definition) is 0. The summed E-state index contributed by atoms with van der Waals surface area (Å²) in [4.78, 5) is 0. The lowest BCUT2D eigenvalue weighted by atomic mass is 10.0. The van der Waals surface area contributed by atoms with Crippen molar-refractivity contribution in [1.29, 1.82) is 0 Å². The second-order valence-electron chi connectivity index (χ2n) is 10.3. The van der Waals surface area contributed by atoms with Crippen LogP contribution in [0.4, 0.5) is 0 Å². The molecule has 0 unspecified atom stereocenters. The Bertz CT molecular complexity index is 685. The minimum absolute atomic E-state index is 0.500. The predicted octanol–water partition coefficient (Wildman–Crippen LogP) is 9.13. The molecule has 28 heavy (non-hydrogen) atoms. The van der Waals surface area contributed by atoms with E-state index < -0.39 is 0 Å². The van der Waals surface area contributed by atoms with Crippen molar-refractivity contribution < 1.29 is 0 Å². The van der Waals surface area contributed by atoms with Crippen molar-refractivity contribution >= 4 is 0 Å². The second kappa shape index (κ2) is 10.9. The Hall–Kier alpha value is -2.34. The molecule has 0 radical (unpaired) electrons. The molecular formula is C28H38. The smallest absolute Gasteiger partial charge is 0.0184 e. The molecule has 0 aromatic heterocycles. The van der Waals surface area contributed by atoms with Gasteiger partial charge in [-0.25, -0.2) is 0 Å². The molecule has 0 N–H and O–H groups in total. The molecule has 150 valence electrons. The monoisotopic (exact) mass is 374 g/mol. The standard InChI is InChI=1S/C18H14.2C5H12/c1-3-7-15(8-4-1)17-11-13-18(14-12-17)16-9-5-2-6-10-16;2*1-5(2,3)4/h1-14H;2*1-4H3. The van der Waals surface area contributed by atoms with Crippen LogP contribution in [-0.2, 0) is 0 Å². The Morgan fingerprint density at radius 2 is 0.500 bits per heavy atom. The quantitative estimate of drug-likeness (QED) is 0.419. The molecule has 0 nitrogen and oxygen atoms in total. The molecule has 0 saturated heterocycles. The summed E-state index contributed by atoms with van der Waals surface area (Å²) < 4.78 is 0. The number of hydrogen-bond acceptors (Lipinski definition) is 0. The molecule has 0 atom stereocenters. The fraction of sp³-hybridized carbons (Fsp3) is 0.357. The first-order valence-electron chi connectivity index (χ1n) is 10.1. The average Bonchev–Trinajstić information content (AvgIpc) is 2.61. The lowest BCUT2D eigenvalue weighted by molar-refractivity contribution is 0.469. The minimum Gasteiger partial charge on any atom is -0.0622 e. The molecule has 0 aliphatic heterocycles. The molecule has 0 heterocycles. The highest BCUT2D eigenvalue weighted by Gasteiger charge is 1.99. The highest BCUT2D eigenvalue weighted by atomic mass is 14.0. The van der Waals surface area contributed by atoms with Gasteiger partial charge in [-0.2, -0.15) is 0 Å². The van der Waals surface area contributed by atoms with E-state index in [1.54, 1.807) is 0 Å². The molecule has 0 spiro atoms. The third-order valence-electron chi connectivity index (χ3n) is 3.10. The topological polar surface area (TPSA) is 0 Å².